The molecule has 1 N–H and O–H groups in total. The number of halogens is 2. The summed E-state index contributed by atoms with van der Waals surface area (Å²) in [6, 6.07) is 2.59. The van der Waals surface area contributed by atoms with E-state index in [9.17, 15) is 13.6 Å². The Morgan fingerprint density at radius 2 is 2.13 bits per heavy atom. The van der Waals surface area contributed by atoms with Crippen LogP contribution >= 0.6 is 0 Å². The number of rotatable bonds is 4. The molecule has 1 rings (SSSR count). The van der Waals surface area contributed by atoms with E-state index in [4.69, 9.17) is 5.41 Å². The van der Waals surface area contributed by atoms with Gasteiger partial charge < -0.3 is 5.41 Å². The molecule has 0 radical (unpaired) electrons. The summed E-state index contributed by atoms with van der Waals surface area (Å²) in [6.45, 7) is 1.47. The number of benzene rings is 1. The molecule has 0 atom stereocenters. The summed E-state index contributed by atoms with van der Waals surface area (Å²) in [5, 5.41) is 6.68. The number of hydrogen-bond acceptors (Lipinski definition) is 2. The lowest BCUT2D eigenvalue weighted by molar-refractivity contribution is -0.112. The van der Waals surface area contributed by atoms with Crippen molar-refractivity contribution in [2.24, 2.45) is 0 Å². The van der Waals surface area contributed by atoms with Crippen LogP contribution in [-0.2, 0) is 11.2 Å². The van der Waals surface area contributed by atoms with Crippen LogP contribution < -0.4 is 0 Å². The highest BCUT2D eigenvalue weighted by Gasteiger charge is 2.08. The third-order valence-electron chi connectivity index (χ3n) is 2.09. The van der Waals surface area contributed by atoms with Crippen molar-refractivity contribution in [2.75, 3.05) is 0 Å². The lowest BCUT2D eigenvalue weighted by Crippen LogP contribution is -2.01. The van der Waals surface area contributed by atoms with Crippen molar-refractivity contribution < 1.29 is 13.6 Å². The lowest BCUT2D eigenvalue weighted by Gasteiger charge is -2.03. The van der Waals surface area contributed by atoms with Crippen LogP contribution in [0.1, 0.15) is 17.5 Å². The van der Waals surface area contributed by atoms with Crippen LogP contribution in [0.4, 0.5) is 8.78 Å². The second-order valence-corrected chi connectivity index (χ2v) is 3.32. The molecule has 0 saturated heterocycles. The molecule has 0 bridgehead atoms. The molecule has 80 valence electrons. The second kappa shape index (κ2) is 4.77. The number of ketones is 1. The predicted molar refractivity (Wildman–Crippen MR) is 53.2 cm³/mol. The van der Waals surface area contributed by atoms with E-state index in [2.05, 4.69) is 0 Å². The number of carbonyl (C=O) groups excluding carboxylic acids is 1. The molecule has 0 aromatic heterocycles. The van der Waals surface area contributed by atoms with Crippen molar-refractivity contribution in [3.8, 4) is 0 Å². The molecule has 0 heterocycles. The van der Waals surface area contributed by atoms with E-state index in [1.54, 1.807) is 0 Å². The van der Waals surface area contributed by atoms with Crippen molar-refractivity contribution in [3.63, 3.8) is 0 Å². The van der Waals surface area contributed by atoms with Crippen molar-refractivity contribution in [2.45, 2.75) is 19.8 Å². The van der Waals surface area contributed by atoms with Gasteiger partial charge in [0.05, 0.1) is 6.21 Å². The molecule has 0 aliphatic rings. The molecule has 4 heteroatoms. The van der Waals surface area contributed by atoms with E-state index < -0.39 is 11.6 Å². The minimum absolute atomic E-state index is 0.147. The SMILES string of the molecule is Cc1cc(CCC(=O)C=N)cc(F)c1F. The fourth-order valence-corrected chi connectivity index (χ4v) is 1.28. The van der Waals surface area contributed by atoms with E-state index >= 15 is 0 Å². The largest absolute Gasteiger partial charge is 0.305 e. The highest BCUT2D eigenvalue weighted by Crippen LogP contribution is 2.15. The Bertz CT molecular complexity index is 379. The van der Waals surface area contributed by atoms with Crippen LogP contribution in [0.15, 0.2) is 12.1 Å². The van der Waals surface area contributed by atoms with Crippen LogP contribution in [-0.4, -0.2) is 12.0 Å². The molecule has 0 fully saturated rings. The number of Topliss-reactive ketones (excluding diaryl/α,β-unsaturated/α-hetero) is 1. The number of hydrogen-bond donors (Lipinski definition) is 1. The van der Waals surface area contributed by atoms with Crippen molar-refractivity contribution in [3.05, 3.63) is 34.9 Å². The first-order chi connectivity index (χ1) is 7.04. The van der Waals surface area contributed by atoms with Gasteiger partial charge in [-0.15, -0.1) is 0 Å². The average Bonchev–Trinajstić information content (AvgIpc) is 2.22. The Hall–Kier alpha value is -1.58. The van der Waals surface area contributed by atoms with Gasteiger partial charge in [0, 0.05) is 6.42 Å². The van der Waals surface area contributed by atoms with Gasteiger partial charge in [0.15, 0.2) is 17.4 Å². The van der Waals surface area contributed by atoms with Crippen LogP contribution in [0.5, 0.6) is 0 Å². The van der Waals surface area contributed by atoms with Gasteiger partial charge in [-0.05, 0) is 30.5 Å². The molecule has 15 heavy (non-hydrogen) atoms. The molecule has 0 aliphatic heterocycles. The molecule has 0 unspecified atom stereocenters. The van der Waals surface area contributed by atoms with E-state index in [0.717, 1.165) is 12.3 Å². The summed E-state index contributed by atoms with van der Waals surface area (Å²) in [5.41, 5.74) is 0.800. The zero-order valence-electron chi connectivity index (χ0n) is 8.31. The fraction of sp³-hybridized carbons (Fsp3) is 0.273. The third kappa shape index (κ3) is 2.94. The summed E-state index contributed by atoms with van der Waals surface area (Å²) in [7, 11) is 0. The molecule has 0 saturated carbocycles. The van der Waals surface area contributed by atoms with Gasteiger partial charge in [0.2, 0.25) is 0 Å². The van der Waals surface area contributed by atoms with Gasteiger partial charge >= 0.3 is 0 Å². The Morgan fingerprint density at radius 1 is 1.47 bits per heavy atom. The Labute approximate surface area is 86.4 Å². The molecule has 2 nitrogen and oxygen atoms in total. The van der Waals surface area contributed by atoms with Crippen molar-refractivity contribution >= 4 is 12.0 Å². The maximum atomic E-state index is 12.9. The summed E-state index contributed by atoms with van der Waals surface area (Å²) < 4.78 is 25.8. The molecular weight excluding hydrogens is 200 g/mol. The first-order valence-corrected chi connectivity index (χ1v) is 4.52. The van der Waals surface area contributed by atoms with E-state index in [0.29, 0.717) is 12.0 Å². The van der Waals surface area contributed by atoms with Gasteiger partial charge in [-0.1, -0.05) is 6.07 Å². The minimum atomic E-state index is -0.896. The van der Waals surface area contributed by atoms with Crippen LogP contribution in [0.25, 0.3) is 0 Å². The lowest BCUT2D eigenvalue weighted by atomic mass is 10.0. The topological polar surface area (TPSA) is 40.9 Å². The highest BCUT2D eigenvalue weighted by molar-refractivity contribution is 6.26. The fourth-order valence-electron chi connectivity index (χ4n) is 1.28. The Balaban J connectivity index is 2.79. The van der Waals surface area contributed by atoms with Gasteiger partial charge in [0.25, 0.3) is 0 Å². The van der Waals surface area contributed by atoms with Crippen LogP contribution in [0.3, 0.4) is 0 Å². The van der Waals surface area contributed by atoms with Gasteiger partial charge in [-0.25, -0.2) is 8.78 Å². The van der Waals surface area contributed by atoms with Gasteiger partial charge in [-0.3, -0.25) is 4.79 Å². The smallest absolute Gasteiger partial charge is 0.173 e. The number of nitrogens with one attached hydrogen (secondary N) is 1. The summed E-state index contributed by atoms with van der Waals surface area (Å²) in [6.07, 6.45) is 1.20. The molecular formula is C11H11F2NO. The standard InChI is InChI=1S/C11H11F2NO/c1-7-4-8(2-3-9(15)6-14)5-10(12)11(7)13/h4-6,14H,2-3H2,1H3. The summed E-state index contributed by atoms with van der Waals surface area (Å²) in [5.74, 6) is -2.07. The predicted octanol–water partition coefficient (Wildman–Crippen LogP) is 2.42. The normalized spacial score (nSPS) is 10.1. The maximum Gasteiger partial charge on any atom is 0.173 e. The molecule has 0 amide bonds. The first kappa shape index (κ1) is 11.5. The van der Waals surface area contributed by atoms with E-state index in [1.165, 1.54) is 13.0 Å². The minimum Gasteiger partial charge on any atom is -0.305 e. The van der Waals surface area contributed by atoms with Gasteiger partial charge in [-0.2, -0.15) is 0 Å². The number of carbonyl (C=O) groups is 1. The number of aryl methyl sites for hydroxylation is 2. The second-order valence-electron chi connectivity index (χ2n) is 3.32. The zero-order chi connectivity index (χ0) is 11.4. The summed E-state index contributed by atoms with van der Waals surface area (Å²) in [4.78, 5) is 10.8. The van der Waals surface area contributed by atoms with Crippen LogP contribution in [0.2, 0.25) is 0 Å². The molecule has 0 aliphatic carbocycles. The Kier molecular flexibility index (Phi) is 3.66. The molecule has 0 spiro atoms. The summed E-state index contributed by atoms with van der Waals surface area (Å²) >= 11 is 0. The average molecular weight is 211 g/mol. The van der Waals surface area contributed by atoms with Crippen molar-refractivity contribution in [1.29, 1.82) is 5.41 Å². The molecule has 1 aromatic carbocycles. The van der Waals surface area contributed by atoms with E-state index in [-0.39, 0.29) is 17.8 Å². The zero-order valence-corrected chi connectivity index (χ0v) is 8.31. The highest BCUT2D eigenvalue weighted by atomic mass is 19.2. The van der Waals surface area contributed by atoms with Gasteiger partial charge in [0.1, 0.15) is 0 Å². The molecule has 1 aromatic rings. The Morgan fingerprint density at radius 3 is 2.67 bits per heavy atom. The van der Waals surface area contributed by atoms with Crippen molar-refractivity contribution in [1.82, 2.24) is 0 Å². The van der Waals surface area contributed by atoms with Crippen LogP contribution in [0, 0.1) is 24.0 Å². The maximum absolute atomic E-state index is 12.9. The third-order valence-corrected chi connectivity index (χ3v) is 2.09. The quantitative estimate of drug-likeness (QED) is 0.763. The van der Waals surface area contributed by atoms with E-state index in [1.807, 2.05) is 0 Å². The monoisotopic (exact) mass is 211 g/mol. The first-order valence-electron chi connectivity index (χ1n) is 4.52.